The Labute approximate surface area is 172 Å². The van der Waals surface area contributed by atoms with Gasteiger partial charge in [-0.05, 0) is 29.0 Å². The number of aliphatic hydroxyl groups excluding tert-OH is 1. The van der Waals surface area contributed by atoms with Gasteiger partial charge in [-0.15, -0.1) is 0 Å². The normalized spacial score (nSPS) is 12.6. The van der Waals surface area contributed by atoms with Crippen LogP contribution in [0.25, 0.3) is 0 Å². The van der Waals surface area contributed by atoms with Crippen LogP contribution < -0.4 is 0 Å². The Morgan fingerprint density at radius 2 is 1.24 bits per heavy atom. The number of aliphatic hydroxyl groups is 1. The lowest BCUT2D eigenvalue weighted by molar-refractivity contribution is 0.236. The summed E-state index contributed by atoms with van der Waals surface area (Å²) >= 11 is 0. The lowest BCUT2D eigenvalue weighted by Crippen LogP contribution is -2.32. The zero-order chi connectivity index (χ0) is 20.1. The van der Waals surface area contributed by atoms with Crippen molar-refractivity contribution in [3.8, 4) is 0 Å². The molecule has 0 bridgehead atoms. The van der Waals surface area contributed by atoms with Gasteiger partial charge in [0.05, 0.1) is 5.69 Å². The molecule has 4 rings (SSSR count). The first-order valence-corrected chi connectivity index (χ1v) is 10.1. The van der Waals surface area contributed by atoms with Crippen molar-refractivity contribution in [2.24, 2.45) is 5.92 Å². The molecule has 1 heterocycles. The molecule has 1 aromatic heterocycles. The standard InChI is InChI=1S/C26H26N2O/c1-20(19-29)17-24-18-27-25(28-24)26(21-11-5-2-6-12-21,22-13-7-3-8-14-22)23-15-9-4-10-16-23/h2-16,18,20,29H,17,19H2,1H3,(H,27,28). The topological polar surface area (TPSA) is 48.9 Å². The zero-order valence-electron chi connectivity index (χ0n) is 16.6. The zero-order valence-corrected chi connectivity index (χ0v) is 16.6. The first-order valence-electron chi connectivity index (χ1n) is 10.1. The first kappa shape index (κ1) is 19.2. The summed E-state index contributed by atoms with van der Waals surface area (Å²) in [6.45, 7) is 2.19. The van der Waals surface area contributed by atoms with Crippen molar-refractivity contribution < 1.29 is 5.11 Å². The Morgan fingerprint density at radius 3 is 1.66 bits per heavy atom. The number of nitrogens with one attached hydrogen (secondary N) is 1. The predicted molar refractivity (Wildman–Crippen MR) is 117 cm³/mol. The first-order chi connectivity index (χ1) is 14.2. The number of H-pyrrole nitrogens is 1. The molecule has 29 heavy (non-hydrogen) atoms. The van der Waals surface area contributed by atoms with E-state index in [0.717, 1.165) is 34.6 Å². The van der Waals surface area contributed by atoms with E-state index in [-0.39, 0.29) is 12.5 Å². The summed E-state index contributed by atoms with van der Waals surface area (Å²) in [6, 6.07) is 31.6. The fraction of sp³-hybridized carbons (Fsp3) is 0.192. The second-order valence-electron chi connectivity index (χ2n) is 7.58. The Hall–Kier alpha value is -3.17. The van der Waals surface area contributed by atoms with Gasteiger partial charge in [0, 0.05) is 12.8 Å². The highest BCUT2D eigenvalue weighted by Gasteiger charge is 2.40. The van der Waals surface area contributed by atoms with Gasteiger partial charge in [-0.25, -0.2) is 4.98 Å². The van der Waals surface area contributed by atoms with E-state index >= 15 is 0 Å². The second-order valence-corrected chi connectivity index (χ2v) is 7.58. The van der Waals surface area contributed by atoms with Gasteiger partial charge in [0.25, 0.3) is 0 Å². The van der Waals surface area contributed by atoms with E-state index in [4.69, 9.17) is 4.98 Å². The van der Waals surface area contributed by atoms with Crippen molar-refractivity contribution in [1.82, 2.24) is 9.97 Å². The molecule has 146 valence electrons. The molecular formula is C26H26N2O. The van der Waals surface area contributed by atoms with Crippen molar-refractivity contribution in [1.29, 1.82) is 0 Å². The van der Waals surface area contributed by atoms with E-state index in [1.54, 1.807) is 0 Å². The number of aromatic amines is 1. The maximum Gasteiger partial charge on any atom is 0.126 e. The number of hydrogen-bond acceptors (Lipinski definition) is 2. The molecule has 1 atom stereocenters. The van der Waals surface area contributed by atoms with E-state index in [1.807, 2.05) is 31.3 Å². The van der Waals surface area contributed by atoms with Crippen LogP contribution in [0.15, 0.2) is 97.2 Å². The van der Waals surface area contributed by atoms with Gasteiger partial charge in [-0.2, -0.15) is 0 Å². The number of aromatic nitrogens is 2. The van der Waals surface area contributed by atoms with Crippen molar-refractivity contribution in [2.75, 3.05) is 6.61 Å². The molecule has 1 unspecified atom stereocenters. The van der Waals surface area contributed by atoms with Gasteiger partial charge >= 0.3 is 0 Å². The molecule has 0 aliphatic rings. The van der Waals surface area contributed by atoms with Crippen molar-refractivity contribution in [3.63, 3.8) is 0 Å². The number of rotatable bonds is 7. The summed E-state index contributed by atoms with van der Waals surface area (Å²) in [5.74, 6) is 1.06. The van der Waals surface area contributed by atoms with Crippen LogP contribution in [0.3, 0.4) is 0 Å². The van der Waals surface area contributed by atoms with Crippen LogP contribution in [0.5, 0.6) is 0 Å². The fourth-order valence-corrected chi connectivity index (χ4v) is 4.05. The number of nitrogens with zero attached hydrogens (tertiary/aromatic N) is 1. The number of hydrogen-bond donors (Lipinski definition) is 2. The van der Waals surface area contributed by atoms with Crippen LogP contribution in [0.4, 0.5) is 0 Å². The lowest BCUT2D eigenvalue weighted by atomic mass is 9.69. The van der Waals surface area contributed by atoms with Crippen LogP contribution in [-0.4, -0.2) is 21.7 Å². The van der Waals surface area contributed by atoms with E-state index < -0.39 is 5.41 Å². The highest BCUT2D eigenvalue weighted by Crippen LogP contribution is 2.43. The largest absolute Gasteiger partial charge is 0.396 e. The summed E-state index contributed by atoms with van der Waals surface area (Å²) in [4.78, 5) is 8.51. The third kappa shape index (κ3) is 3.62. The van der Waals surface area contributed by atoms with Crippen LogP contribution >= 0.6 is 0 Å². The van der Waals surface area contributed by atoms with Crippen molar-refractivity contribution in [2.45, 2.75) is 18.8 Å². The van der Waals surface area contributed by atoms with Gasteiger partial charge in [0.15, 0.2) is 0 Å². The second kappa shape index (κ2) is 8.46. The molecular weight excluding hydrogens is 356 g/mol. The third-order valence-corrected chi connectivity index (χ3v) is 5.48. The van der Waals surface area contributed by atoms with Crippen LogP contribution in [0.2, 0.25) is 0 Å². The fourth-order valence-electron chi connectivity index (χ4n) is 4.05. The molecule has 4 aromatic rings. The molecule has 0 aliphatic heterocycles. The van der Waals surface area contributed by atoms with Gasteiger partial charge in [0.2, 0.25) is 0 Å². The summed E-state index contributed by atoms with van der Waals surface area (Å²) in [6.07, 6.45) is 2.71. The number of imidazole rings is 1. The summed E-state index contributed by atoms with van der Waals surface area (Å²) < 4.78 is 0. The highest BCUT2D eigenvalue weighted by atomic mass is 16.3. The van der Waals surface area contributed by atoms with Crippen molar-refractivity contribution >= 4 is 0 Å². The lowest BCUT2D eigenvalue weighted by Gasteiger charge is -2.34. The van der Waals surface area contributed by atoms with Gasteiger partial charge in [-0.1, -0.05) is 97.9 Å². The highest BCUT2D eigenvalue weighted by molar-refractivity contribution is 5.56. The molecule has 2 N–H and O–H groups in total. The summed E-state index contributed by atoms with van der Waals surface area (Å²) in [5, 5.41) is 9.46. The monoisotopic (exact) mass is 382 g/mol. The quantitative estimate of drug-likeness (QED) is 0.444. The predicted octanol–water partition coefficient (Wildman–Crippen LogP) is 4.96. The Balaban J connectivity index is 1.99. The SMILES string of the molecule is CC(CO)Cc1c[nH]c(C(c2ccccc2)(c2ccccc2)c2ccccc2)n1. The molecule has 0 aliphatic carbocycles. The maximum absolute atomic E-state index is 9.46. The Bertz CT molecular complexity index is 929. The van der Waals surface area contributed by atoms with E-state index in [1.165, 1.54) is 0 Å². The molecule has 3 aromatic carbocycles. The Morgan fingerprint density at radius 1 is 0.793 bits per heavy atom. The molecule has 0 saturated carbocycles. The summed E-state index contributed by atoms with van der Waals surface area (Å²) in [5.41, 5.74) is 3.90. The van der Waals surface area contributed by atoms with Gasteiger partial charge in [0.1, 0.15) is 11.2 Å². The van der Waals surface area contributed by atoms with Gasteiger partial charge in [-0.3, -0.25) is 0 Å². The maximum atomic E-state index is 9.46. The van der Waals surface area contributed by atoms with Crippen LogP contribution in [-0.2, 0) is 11.8 Å². The number of benzene rings is 3. The molecule has 0 fully saturated rings. The minimum atomic E-state index is -0.551. The molecule has 3 heteroatoms. The Kier molecular flexibility index (Phi) is 5.59. The van der Waals surface area contributed by atoms with Crippen molar-refractivity contribution in [3.05, 3.63) is 125 Å². The minimum Gasteiger partial charge on any atom is -0.396 e. The molecule has 0 saturated heterocycles. The molecule has 0 radical (unpaired) electrons. The third-order valence-electron chi connectivity index (χ3n) is 5.48. The van der Waals surface area contributed by atoms with E-state index in [0.29, 0.717) is 0 Å². The molecule has 0 amide bonds. The average molecular weight is 383 g/mol. The smallest absolute Gasteiger partial charge is 0.126 e. The molecule has 0 spiro atoms. The molecule has 3 nitrogen and oxygen atoms in total. The summed E-state index contributed by atoms with van der Waals surface area (Å²) in [7, 11) is 0. The van der Waals surface area contributed by atoms with Gasteiger partial charge < -0.3 is 10.1 Å². The minimum absolute atomic E-state index is 0.156. The van der Waals surface area contributed by atoms with E-state index in [2.05, 4.69) is 77.8 Å². The average Bonchev–Trinajstić information content (AvgIpc) is 3.25. The van der Waals surface area contributed by atoms with Crippen LogP contribution in [0, 0.1) is 5.92 Å². The van der Waals surface area contributed by atoms with E-state index in [9.17, 15) is 5.11 Å². The van der Waals surface area contributed by atoms with Crippen LogP contribution in [0.1, 0.15) is 35.1 Å².